The second-order valence-corrected chi connectivity index (χ2v) is 12.1. The van der Waals surface area contributed by atoms with Crippen molar-refractivity contribution < 1.29 is 47.6 Å². The molecule has 0 spiro atoms. The molecule has 0 amide bonds. The molecule has 0 N–H and O–H groups in total. The molecule has 0 bridgehead atoms. The smallest absolute Gasteiger partial charge is 0.422 e. The highest BCUT2D eigenvalue weighted by Crippen LogP contribution is 2.35. The van der Waals surface area contributed by atoms with Gasteiger partial charge in [-0.05, 0) is 80.6 Å². The van der Waals surface area contributed by atoms with E-state index in [0.29, 0.717) is 19.6 Å². The van der Waals surface area contributed by atoms with Gasteiger partial charge in [0, 0.05) is 0 Å². The van der Waals surface area contributed by atoms with E-state index < -0.39 is 17.7 Å². The van der Waals surface area contributed by atoms with Gasteiger partial charge in [0.1, 0.15) is 11.5 Å². The molecule has 0 saturated carbocycles. The van der Waals surface area contributed by atoms with Crippen molar-refractivity contribution in [1.82, 2.24) is 5.23 Å². The zero-order chi connectivity index (χ0) is 33.8. The van der Waals surface area contributed by atoms with Gasteiger partial charge in [-0.2, -0.15) is 0 Å². The molecular formula is C33H65NO10. The van der Waals surface area contributed by atoms with Gasteiger partial charge in [0.05, 0.1) is 57.8 Å². The van der Waals surface area contributed by atoms with Crippen LogP contribution in [-0.4, -0.2) is 68.6 Å². The first kappa shape index (κ1) is 42.4. The summed E-state index contributed by atoms with van der Waals surface area (Å²) in [5, 5.41) is 1.02. The number of unbranched alkanes of at least 4 members (excludes halogenated alkanes) is 1. The second-order valence-electron chi connectivity index (χ2n) is 12.1. The van der Waals surface area contributed by atoms with E-state index in [1.54, 1.807) is 6.08 Å². The van der Waals surface area contributed by atoms with Gasteiger partial charge in [0.2, 0.25) is 0 Å². The van der Waals surface area contributed by atoms with Crippen LogP contribution in [0.3, 0.4) is 0 Å². The fourth-order valence-corrected chi connectivity index (χ4v) is 3.51. The van der Waals surface area contributed by atoms with Crippen molar-refractivity contribution >= 4 is 0 Å². The van der Waals surface area contributed by atoms with Crippen LogP contribution in [0.4, 0.5) is 0 Å². The molecule has 262 valence electrons. The molecule has 0 heterocycles. The lowest BCUT2D eigenvalue weighted by Crippen LogP contribution is -2.58. The normalized spacial score (nSPS) is 16.7. The Labute approximate surface area is 268 Å². The molecule has 0 aliphatic heterocycles. The predicted octanol–water partition coefficient (Wildman–Crippen LogP) is 8.16. The summed E-state index contributed by atoms with van der Waals surface area (Å²) in [4.78, 5) is 12.3. The van der Waals surface area contributed by atoms with Crippen molar-refractivity contribution in [3.05, 3.63) is 24.0 Å². The minimum Gasteiger partial charge on any atom is -0.494 e. The van der Waals surface area contributed by atoms with E-state index in [9.17, 15) is 0 Å². The molecule has 0 aliphatic rings. The van der Waals surface area contributed by atoms with Crippen LogP contribution in [0, 0.1) is 5.92 Å². The molecule has 44 heavy (non-hydrogen) atoms. The summed E-state index contributed by atoms with van der Waals surface area (Å²) in [6, 6.07) is 0. The lowest BCUT2D eigenvalue weighted by molar-refractivity contribution is -0.590. The van der Waals surface area contributed by atoms with Crippen LogP contribution in [0.1, 0.15) is 122 Å². The van der Waals surface area contributed by atoms with Gasteiger partial charge < -0.3 is 47.6 Å². The summed E-state index contributed by atoms with van der Waals surface area (Å²) in [6.45, 7) is 26.6. The molecule has 0 aliphatic carbocycles. The molecule has 0 aromatic heterocycles. The predicted molar refractivity (Wildman–Crippen MR) is 170 cm³/mol. The van der Waals surface area contributed by atoms with Crippen molar-refractivity contribution in [3.8, 4) is 0 Å². The maximum atomic E-state index is 6.48. The Hall–Kier alpha value is -1.60. The number of hydrogen-bond donors (Lipinski definition) is 0. The van der Waals surface area contributed by atoms with Crippen molar-refractivity contribution in [2.75, 3.05) is 33.5 Å². The molecule has 0 fully saturated rings. The van der Waals surface area contributed by atoms with Crippen molar-refractivity contribution in [2.24, 2.45) is 5.92 Å². The summed E-state index contributed by atoms with van der Waals surface area (Å²) in [6.07, 6.45) is 3.92. The molecule has 3 atom stereocenters. The molecule has 3 unspecified atom stereocenters. The monoisotopic (exact) mass is 635 g/mol. The third kappa shape index (κ3) is 16.6. The average Bonchev–Trinajstić information content (AvgIpc) is 2.94. The molecule has 0 radical (unpaired) electrons. The highest BCUT2D eigenvalue weighted by atomic mass is 17.1. The third-order valence-corrected chi connectivity index (χ3v) is 5.53. The van der Waals surface area contributed by atoms with Gasteiger partial charge in [-0.25, -0.2) is 0 Å². The Balaban J connectivity index is 7.19. The largest absolute Gasteiger partial charge is 0.494 e. The lowest BCUT2D eigenvalue weighted by Gasteiger charge is -2.43. The average molecular weight is 636 g/mol. The van der Waals surface area contributed by atoms with Crippen LogP contribution in [-0.2, 0) is 47.6 Å². The van der Waals surface area contributed by atoms with Gasteiger partial charge in [0.15, 0.2) is 5.76 Å². The van der Waals surface area contributed by atoms with Gasteiger partial charge in [-0.1, -0.05) is 47.1 Å². The molecule has 11 heteroatoms. The van der Waals surface area contributed by atoms with Crippen LogP contribution in [0.15, 0.2) is 24.0 Å². The quantitative estimate of drug-likeness (QED) is 0.0399. The summed E-state index contributed by atoms with van der Waals surface area (Å²) in [5.41, 5.74) is -0.744. The Bertz CT molecular complexity index is 798. The zero-order valence-electron chi connectivity index (χ0n) is 30.3. The van der Waals surface area contributed by atoms with E-state index >= 15 is 0 Å². The highest BCUT2D eigenvalue weighted by Gasteiger charge is 2.51. The summed E-state index contributed by atoms with van der Waals surface area (Å²) >= 11 is 0. The summed E-state index contributed by atoms with van der Waals surface area (Å²) < 4.78 is 50.0. The topological polar surface area (TPSA) is 95.5 Å². The first-order valence-electron chi connectivity index (χ1n) is 16.3. The lowest BCUT2D eigenvalue weighted by atomic mass is 10.2. The van der Waals surface area contributed by atoms with E-state index in [4.69, 9.17) is 47.6 Å². The standard InChI is InChI=1S/C33H65NO10/c1-15-20-23-38-32(37-21-16-2,41-27(8)9)24-29(35-14)30(36-19-5)43-34(40-22-17-3)33(39-25-26(6)7,42-28(10)18-4)44-31(11,12)13/h17,22,26-28H,15-16,18-21,23-25H2,1-14H3. The second kappa shape index (κ2) is 22.0. The van der Waals surface area contributed by atoms with Gasteiger partial charge >= 0.3 is 12.0 Å². The van der Waals surface area contributed by atoms with Gasteiger partial charge in [-0.15, -0.1) is 0 Å². The molecule has 0 saturated heterocycles. The summed E-state index contributed by atoms with van der Waals surface area (Å²) in [5.74, 6) is -1.08. The molecule has 0 rings (SSSR count). The number of allylic oxidation sites excluding steroid dienone is 1. The van der Waals surface area contributed by atoms with Crippen molar-refractivity contribution in [2.45, 2.75) is 152 Å². The third-order valence-electron chi connectivity index (χ3n) is 5.53. The zero-order valence-corrected chi connectivity index (χ0v) is 30.3. The number of rotatable bonds is 26. The molecular weight excluding hydrogens is 570 g/mol. The van der Waals surface area contributed by atoms with E-state index in [2.05, 4.69) is 6.92 Å². The maximum absolute atomic E-state index is 6.48. The Kier molecular flexibility index (Phi) is 21.2. The highest BCUT2D eigenvalue weighted by molar-refractivity contribution is 4.98. The van der Waals surface area contributed by atoms with Crippen molar-refractivity contribution in [1.29, 1.82) is 0 Å². The number of ether oxygens (including phenoxy) is 8. The summed E-state index contributed by atoms with van der Waals surface area (Å²) in [7, 11) is 1.52. The first-order valence-corrected chi connectivity index (χ1v) is 16.3. The Morgan fingerprint density at radius 3 is 2.00 bits per heavy atom. The van der Waals surface area contributed by atoms with E-state index in [1.165, 1.54) is 13.4 Å². The SMILES string of the molecule is CC=CON(OC(OCC)=C(CC(OCCC)(OCCCC)OC(C)C)OC)C(OCC(C)C)(OC(C)CC)OC(C)(C)C. The van der Waals surface area contributed by atoms with E-state index in [0.717, 1.165) is 24.5 Å². The molecule has 0 aromatic rings. The Morgan fingerprint density at radius 2 is 1.52 bits per heavy atom. The minimum absolute atomic E-state index is 0.0182. The maximum Gasteiger partial charge on any atom is 0.422 e. The first-order chi connectivity index (χ1) is 20.7. The number of hydroxylamine groups is 2. The van der Waals surface area contributed by atoms with Crippen LogP contribution in [0.2, 0.25) is 0 Å². The number of nitrogens with zero attached hydrogens (tertiary/aromatic N) is 1. The fraction of sp³-hybridized carbons (Fsp3) is 0.879. The van der Waals surface area contributed by atoms with Crippen LogP contribution >= 0.6 is 0 Å². The van der Waals surface area contributed by atoms with Gasteiger partial charge in [0.25, 0.3) is 5.97 Å². The number of hydrogen-bond acceptors (Lipinski definition) is 11. The van der Waals surface area contributed by atoms with Crippen LogP contribution in [0.5, 0.6) is 0 Å². The number of methoxy groups -OCH3 is 1. The van der Waals surface area contributed by atoms with Crippen molar-refractivity contribution in [3.63, 3.8) is 0 Å². The minimum atomic E-state index is -1.94. The van der Waals surface area contributed by atoms with E-state index in [-0.39, 0.29) is 49.5 Å². The van der Waals surface area contributed by atoms with Crippen LogP contribution in [0.25, 0.3) is 0 Å². The fourth-order valence-electron chi connectivity index (χ4n) is 3.51. The van der Waals surface area contributed by atoms with E-state index in [1.807, 2.05) is 83.1 Å². The van der Waals surface area contributed by atoms with Crippen LogP contribution < -0.4 is 0 Å². The molecule has 0 aromatic carbocycles. The van der Waals surface area contributed by atoms with Gasteiger partial charge in [-0.3, -0.25) is 0 Å². The molecule has 11 nitrogen and oxygen atoms in total. The Morgan fingerprint density at radius 1 is 0.864 bits per heavy atom.